The van der Waals surface area contributed by atoms with Crippen LogP contribution in [-0.2, 0) is 0 Å². The molecular formula is C18H30. The van der Waals surface area contributed by atoms with Crippen LogP contribution >= 0.6 is 0 Å². The van der Waals surface area contributed by atoms with Crippen LogP contribution in [0.1, 0.15) is 54.9 Å². The van der Waals surface area contributed by atoms with Crippen molar-refractivity contribution in [2.75, 3.05) is 0 Å². The van der Waals surface area contributed by atoms with Crippen molar-refractivity contribution in [1.82, 2.24) is 0 Å². The second kappa shape index (κ2) is 8.13. The average Bonchev–Trinajstić information content (AvgIpc) is 2.31. The van der Waals surface area contributed by atoms with Gasteiger partial charge in [-0.3, -0.25) is 0 Å². The van der Waals surface area contributed by atoms with E-state index < -0.39 is 0 Å². The Bertz CT molecular complexity index is 361. The van der Waals surface area contributed by atoms with Crippen molar-refractivity contribution in [3.8, 4) is 0 Å². The van der Waals surface area contributed by atoms with Crippen molar-refractivity contribution in [2.24, 2.45) is 11.8 Å². The Morgan fingerprint density at radius 1 is 0.889 bits per heavy atom. The summed E-state index contributed by atoms with van der Waals surface area (Å²) in [5, 5.41) is 0. The van der Waals surface area contributed by atoms with E-state index in [1.165, 1.54) is 16.7 Å². The number of allylic oxidation sites excluding steroid dienone is 7. The van der Waals surface area contributed by atoms with Crippen LogP contribution in [0.5, 0.6) is 0 Å². The summed E-state index contributed by atoms with van der Waals surface area (Å²) in [5.74, 6) is 1.50. The van der Waals surface area contributed by atoms with Crippen molar-refractivity contribution < 1.29 is 0 Å². The summed E-state index contributed by atoms with van der Waals surface area (Å²) >= 11 is 0. The van der Waals surface area contributed by atoms with E-state index in [0.717, 1.165) is 23.8 Å². The Morgan fingerprint density at radius 3 is 1.83 bits per heavy atom. The van der Waals surface area contributed by atoms with E-state index in [4.69, 9.17) is 0 Å². The first-order chi connectivity index (χ1) is 8.25. The van der Waals surface area contributed by atoms with Crippen molar-refractivity contribution in [3.63, 3.8) is 0 Å². The average molecular weight is 246 g/mol. The molecule has 0 saturated carbocycles. The first-order valence-corrected chi connectivity index (χ1v) is 6.93. The van der Waals surface area contributed by atoms with E-state index in [2.05, 4.69) is 66.3 Å². The third-order valence-corrected chi connectivity index (χ3v) is 3.81. The second-order valence-corrected chi connectivity index (χ2v) is 5.82. The van der Waals surface area contributed by atoms with E-state index in [0.29, 0.717) is 0 Å². The highest BCUT2D eigenvalue weighted by Gasteiger charge is 2.04. The Kier molecular flexibility index (Phi) is 7.66. The molecule has 0 aromatic carbocycles. The Labute approximate surface area is 114 Å². The lowest BCUT2D eigenvalue weighted by atomic mass is 9.93. The third kappa shape index (κ3) is 6.64. The molecule has 0 bridgehead atoms. The first kappa shape index (κ1) is 17.0. The Morgan fingerprint density at radius 2 is 1.39 bits per heavy atom. The minimum atomic E-state index is 0.750. The van der Waals surface area contributed by atoms with Crippen LogP contribution in [0, 0.1) is 11.8 Å². The molecule has 102 valence electrons. The SMILES string of the molecule is C=C(C)/C(C)=C/C=C(C)/C(C)=C/CC(C)C(C)C. The van der Waals surface area contributed by atoms with Crippen LogP contribution in [0.2, 0.25) is 0 Å². The zero-order chi connectivity index (χ0) is 14.3. The molecule has 0 aliphatic rings. The van der Waals surface area contributed by atoms with E-state index in [1.807, 2.05) is 6.92 Å². The third-order valence-electron chi connectivity index (χ3n) is 3.81. The quantitative estimate of drug-likeness (QED) is 0.498. The van der Waals surface area contributed by atoms with E-state index >= 15 is 0 Å². The van der Waals surface area contributed by atoms with E-state index in [-0.39, 0.29) is 0 Å². The molecule has 0 amide bonds. The van der Waals surface area contributed by atoms with Gasteiger partial charge in [-0.15, -0.1) is 0 Å². The summed E-state index contributed by atoms with van der Waals surface area (Å²) in [5.41, 5.74) is 5.10. The highest BCUT2D eigenvalue weighted by molar-refractivity contribution is 5.35. The number of rotatable bonds is 6. The lowest BCUT2D eigenvalue weighted by molar-refractivity contribution is 0.423. The fraction of sp³-hybridized carbons (Fsp3) is 0.556. The lowest BCUT2D eigenvalue weighted by Crippen LogP contribution is -2.02. The largest absolute Gasteiger partial charge is 0.0958 e. The Hall–Kier alpha value is -1.04. The molecule has 18 heavy (non-hydrogen) atoms. The Balaban J connectivity index is 4.64. The monoisotopic (exact) mass is 246 g/mol. The second-order valence-electron chi connectivity index (χ2n) is 5.82. The van der Waals surface area contributed by atoms with Crippen molar-refractivity contribution in [3.05, 3.63) is 47.1 Å². The van der Waals surface area contributed by atoms with Gasteiger partial charge in [0.25, 0.3) is 0 Å². The maximum absolute atomic E-state index is 3.94. The zero-order valence-corrected chi connectivity index (χ0v) is 13.3. The molecule has 0 nitrogen and oxygen atoms in total. The summed E-state index contributed by atoms with van der Waals surface area (Å²) < 4.78 is 0. The first-order valence-electron chi connectivity index (χ1n) is 6.93. The van der Waals surface area contributed by atoms with Gasteiger partial charge in [0.2, 0.25) is 0 Å². The highest BCUT2D eigenvalue weighted by Crippen LogP contribution is 2.18. The predicted octanol–water partition coefficient (Wildman–Crippen LogP) is 6.08. The molecule has 0 rings (SSSR count). The van der Waals surface area contributed by atoms with Gasteiger partial charge in [0.1, 0.15) is 0 Å². The standard InChI is InChI=1S/C18H30/c1-13(2)15(5)9-11-17(7)18(8)12-10-16(6)14(3)4/h9,11-12,14,16H,1,10H2,2-8H3/b15-9+,17-11+,18-12+. The van der Waals surface area contributed by atoms with Crippen LogP contribution < -0.4 is 0 Å². The van der Waals surface area contributed by atoms with Crippen LogP contribution in [0.15, 0.2) is 47.1 Å². The molecule has 0 aliphatic heterocycles. The predicted molar refractivity (Wildman–Crippen MR) is 84.7 cm³/mol. The van der Waals surface area contributed by atoms with Gasteiger partial charge < -0.3 is 0 Å². The molecule has 1 unspecified atom stereocenters. The highest BCUT2D eigenvalue weighted by atomic mass is 14.1. The van der Waals surface area contributed by atoms with Crippen LogP contribution in [0.25, 0.3) is 0 Å². The van der Waals surface area contributed by atoms with Crippen LogP contribution in [0.4, 0.5) is 0 Å². The van der Waals surface area contributed by atoms with Gasteiger partial charge in [-0.1, -0.05) is 56.7 Å². The molecule has 0 heterocycles. The minimum absolute atomic E-state index is 0.750. The van der Waals surface area contributed by atoms with Gasteiger partial charge in [-0.25, -0.2) is 0 Å². The lowest BCUT2D eigenvalue weighted by Gasteiger charge is -2.13. The molecule has 0 aliphatic carbocycles. The fourth-order valence-electron chi connectivity index (χ4n) is 1.32. The smallest absolute Gasteiger partial charge is 0.0317 e. The number of hydrogen-bond acceptors (Lipinski definition) is 0. The fourth-order valence-corrected chi connectivity index (χ4v) is 1.32. The van der Waals surface area contributed by atoms with Crippen LogP contribution in [-0.4, -0.2) is 0 Å². The molecule has 0 N–H and O–H groups in total. The summed E-state index contributed by atoms with van der Waals surface area (Å²) in [7, 11) is 0. The topological polar surface area (TPSA) is 0 Å². The van der Waals surface area contributed by atoms with Gasteiger partial charge in [0.15, 0.2) is 0 Å². The summed E-state index contributed by atoms with van der Waals surface area (Å²) in [6, 6.07) is 0. The molecule has 0 spiro atoms. The normalized spacial score (nSPS) is 16.1. The maximum Gasteiger partial charge on any atom is -0.0317 e. The van der Waals surface area contributed by atoms with E-state index in [9.17, 15) is 0 Å². The van der Waals surface area contributed by atoms with Gasteiger partial charge >= 0.3 is 0 Å². The van der Waals surface area contributed by atoms with Crippen molar-refractivity contribution >= 4 is 0 Å². The van der Waals surface area contributed by atoms with Crippen molar-refractivity contribution in [1.29, 1.82) is 0 Å². The summed E-state index contributed by atoms with van der Waals surface area (Å²) in [6.45, 7) is 19.4. The molecule has 0 saturated heterocycles. The molecule has 0 fully saturated rings. The van der Waals surface area contributed by atoms with Gasteiger partial charge in [0.05, 0.1) is 0 Å². The molecule has 0 aromatic rings. The van der Waals surface area contributed by atoms with E-state index in [1.54, 1.807) is 0 Å². The molecule has 0 aromatic heterocycles. The zero-order valence-electron chi connectivity index (χ0n) is 13.3. The summed E-state index contributed by atoms with van der Waals surface area (Å²) in [4.78, 5) is 0. The van der Waals surface area contributed by atoms with Gasteiger partial charge in [-0.2, -0.15) is 0 Å². The summed E-state index contributed by atoms with van der Waals surface area (Å²) in [6.07, 6.45) is 7.87. The molecule has 1 atom stereocenters. The maximum atomic E-state index is 3.94. The van der Waals surface area contributed by atoms with Gasteiger partial charge in [-0.05, 0) is 57.1 Å². The molecule has 0 heteroatoms. The molecular weight excluding hydrogens is 216 g/mol. The number of hydrogen-bond donors (Lipinski definition) is 0. The van der Waals surface area contributed by atoms with Gasteiger partial charge in [0, 0.05) is 0 Å². The van der Waals surface area contributed by atoms with Crippen LogP contribution in [0.3, 0.4) is 0 Å². The van der Waals surface area contributed by atoms with Crippen molar-refractivity contribution in [2.45, 2.75) is 54.9 Å². The minimum Gasteiger partial charge on any atom is -0.0958 e. The molecule has 0 radical (unpaired) electrons.